The molecule has 0 N–H and O–H groups in total. The molecule has 0 saturated carbocycles. The molecule has 0 aliphatic carbocycles. The maximum atomic E-state index is 9.62. The molecule has 0 bridgehead atoms. The van der Waals surface area contributed by atoms with E-state index in [1.807, 2.05) is 0 Å². The normalized spacial score (nSPS) is 7.67. The van der Waals surface area contributed by atoms with Gasteiger partial charge in [-0.1, -0.05) is 0 Å². The van der Waals surface area contributed by atoms with Crippen LogP contribution in [0.3, 0.4) is 0 Å². The van der Waals surface area contributed by atoms with Crippen molar-refractivity contribution in [1.29, 1.82) is 0 Å². The fourth-order valence-electron chi connectivity index (χ4n) is 0.0527. The zero-order valence-electron chi connectivity index (χ0n) is 3.85. The lowest BCUT2D eigenvalue weighted by atomic mass is 10.7. The highest BCUT2D eigenvalue weighted by Gasteiger charge is 1.79. The molecule has 0 aliphatic rings. The van der Waals surface area contributed by atoms with Gasteiger partial charge in [0.2, 0.25) is 6.41 Å². The van der Waals surface area contributed by atoms with E-state index in [2.05, 4.69) is 6.92 Å². The summed E-state index contributed by atoms with van der Waals surface area (Å²) in [4.78, 5) is 11.1. The van der Waals surface area contributed by atoms with Crippen molar-refractivity contribution in [2.45, 2.75) is 0 Å². The van der Waals surface area contributed by atoms with Crippen molar-refractivity contribution in [1.82, 2.24) is 4.90 Å². The molecule has 0 spiro atoms. The van der Waals surface area contributed by atoms with Gasteiger partial charge in [0.05, 0.1) is 0 Å². The first-order valence-corrected chi connectivity index (χ1v) is 1.76. The van der Waals surface area contributed by atoms with Crippen LogP contribution in [0.5, 0.6) is 0 Å². The van der Waals surface area contributed by atoms with E-state index in [0.29, 0.717) is 6.54 Å². The number of hydrogen-bond acceptors (Lipinski definition) is 1. The molecule has 0 aliphatic heterocycles. The molecule has 6 heavy (non-hydrogen) atoms. The Bertz CT molecular complexity index is 44.8. The van der Waals surface area contributed by atoms with Gasteiger partial charge in [-0.3, -0.25) is 4.79 Å². The lowest BCUT2D eigenvalue weighted by Crippen LogP contribution is -2.13. The molecule has 35 valence electrons. The molecule has 0 saturated heterocycles. The number of rotatable bonds is 2. The molecule has 0 fully saturated rings. The van der Waals surface area contributed by atoms with E-state index >= 15 is 0 Å². The van der Waals surface area contributed by atoms with Crippen LogP contribution in [-0.4, -0.2) is 24.9 Å². The van der Waals surface area contributed by atoms with Gasteiger partial charge in [-0.25, -0.2) is 0 Å². The fourth-order valence-corrected chi connectivity index (χ4v) is 0.0527. The number of amides is 1. The molecule has 1 radical (unpaired) electrons. The molecule has 0 aromatic carbocycles. The first-order valence-electron chi connectivity index (χ1n) is 1.76. The van der Waals surface area contributed by atoms with Crippen LogP contribution in [0.15, 0.2) is 0 Å². The summed E-state index contributed by atoms with van der Waals surface area (Å²) >= 11 is 0. The largest absolute Gasteiger partial charge is 0.348 e. The minimum Gasteiger partial charge on any atom is -0.348 e. The third-order valence-corrected chi connectivity index (χ3v) is 0.533. The first kappa shape index (κ1) is 5.47. The molecular weight excluding hydrogens is 78.0 g/mol. The second-order valence-electron chi connectivity index (χ2n) is 1.09. The van der Waals surface area contributed by atoms with Gasteiger partial charge < -0.3 is 4.90 Å². The lowest BCUT2D eigenvalue weighted by Gasteiger charge is -2.01. The SMILES string of the molecule is [CH2]CN(C)C=O. The van der Waals surface area contributed by atoms with Gasteiger partial charge in [0.1, 0.15) is 0 Å². The number of carbonyl (C=O) groups excluding carboxylic acids is 1. The van der Waals surface area contributed by atoms with Crippen molar-refractivity contribution < 1.29 is 4.79 Å². The number of hydrogen-bond donors (Lipinski definition) is 0. The Morgan fingerprint density at radius 3 is 2.50 bits per heavy atom. The van der Waals surface area contributed by atoms with Crippen molar-refractivity contribution in [2.75, 3.05) is 13.6 Å². The smallest absolute Gasteiger partial charge is 0.209 e. The van der Waals surface area contributed by atoms with Gasteiger partial charge in [0.15, 0.2) is 0 Å². The Labute approximate surface area is 37.8 Å². The van der Waals surface area contributed by atoms with E-state index in [1.54, 1.807) is 7.05 Å². The minimum atomic E-state index is 0.545. The summed E-state index contributed by atoms with van der Waals surface area (Å²) in [5, 5.41) is 0. The van der Waals surface area contributed by atoms with Crippen molar-refractivity contribution in [2.24, 2.45) is 0 Å². The van der Waals surface area contributed by atoms with Crippen LogP contribution in [0.4, 0.5) is 0 Å². The summed E-state index contributed by atoms with van der Waals surface area (Å²) in [7, 11) is 1.68. The van der Waals surface area contributed by atoms with Gasteiger partial charge in [-0.15, -0.1) is 0 Å². The summed E-state index contributed by atoms with van der Waals surface area (Å²) in [5.74, 6) is 0. The van der Waals surface area contributed by atoms with Crippen LogP contribution in [0.2, 0.25) is 0 Å². The predicted octanol–water partition coefficient (Wildman–Crippen LogP) is -0.0913. The minimum absolute atomic E-state index is 0.545. The summed E-state index contributed by atoms with van der Waals surface area (Å²) in [5.41, 5.74) is 0. The summed E-state index contributed by atoms with van der Waals surface area (Å²) in [6, 6.07) is 0. The summed E-state index contributed by atoms with van der Waals surface area (Å²) < 4.78 is 0. The van der Waals surface area contributed by atoms with Crippen LogP contribution in [0.1, 0.15) is 0 Å². The van der Waals surface area contributed by atoms with Crippen LogP contribution < -0.4 is 0 Å². The Balaban J connectivity index is 2.96. The van der Waals surface area contributed by atoms with Crippen molar-refractivity contribution in [3.05, 3.63) is 6.92 Å². The average molecular weight is 86.1 g/mol. The fraction of sp³-hybridized carbons (Fsp3) is 0.500. The molecule has 2 nitrogen and oxygen atoms in total. The maximum Gasteiger partial charge on any atom is 0.209 e. The molecule has 0 heterocycles. The van der Waals surface area contributed by atoms with Gasteiger partial charge in [-0.05, 0) is 6.92 Å². The summed E-state index contributed by atoms with van der Waals surface area (Å²) in [6.07, 6.45) is 0.743. The standard InChI is InChI=1S/C4H8NO/c1-3-5(2)4-6/h4H,1,3H2,2H3. The molecule has 0 atom stereocenters. The number of carbonyl (C=O) groups is 1. The van der Waals surface area contributed by atoms with Crippen LogP contribution in [-0.2, 0) is 4.79 Å². The molecule has 0 aromatic heterocycles. The predicted molar refractivity (Wildman–Crippen MR) is 24.1 cm³/mol. The molecule has 0 unspecified atom stereocenters. The zero-order chi connectivity index (χ0) is 4.99. The van der Waals surface area contributed by atoms with Crippen molar-refractivity contribution in [3.8, 4) is 0 Å². The van der Waals surface area contributed by atoms with E-state index in [1.165, 1.54) is 4.90 Å². The molecule has 1 amide bonds. The van der Waals surface area contributed by atoms with Gasteiger partial charge in [0, 0.05) is 13.6 Å². The van der Waals surface area contributed by atoms with E-state index in [-0.39, 0.29) is 0 Å². The van der Waals surface area contributed by atoms with Gasteiger partial charge in [-0.2, -0.15) is 0 Å². The second-order valence-corrected chi connectivity index (χ2v) is 1.09. The Hall–Kier alpha value is -0.530. The quantitative estimate of drug-likeness (QED) is 0.430. The van der Waals surface area contributed by atoms with Crippen LogP contribution in [0.25, 0.3) is 0 Å². The van der Waals surface area contributed by atoms with Crippen molar-refractivity contribution >= 4 is 6.41 Å². The summed E-state index contributed by atoms with van der Waals surface area (Å²) in [6.45, 7) is 4.00. The van der Waals surface area contributed by atoms with Crippen LogP contribution >= 0.6 is 0 Å². The topological polar surface area (TPSA) is 20.3 Å². The molecular formula is C4H8NO. The highest BCUT2D eigenvalue weighted by Crippen LogP contribution is 1.65. The van der Waals surface area contributed by atoms with E-state index in [0.717, 1.165) is 6.41 Å². The second kappa shape index (κ2) is 2.69. The monoisotopic (exact) mass is 86.1 g/mol. The highest BCUT2D eigenvalue weighted by molar-refractivity contribution is 5.46. The van der Waals surface area contributed by atoms with Crippen LogP contribution in [0, 0.1) is 6.92 Å². The third-order valence-electron chi connectivity index (χ3n) is 0.533. The number of nitrogens with zero attached hydrogens (tertiary/aromatic N) is 1. The van der Waals surface area contributed by atoms with Gasteiger partial charge in [0.25, 0.3) is 0 Å². The van der Waals surface area contributed by atoms with Gasteiger partial charge >= 0.3 is 0 Å². The van der Waals surface area contributed by atoms with E-state index in [9.17, 15) is 4.79 Å². The Morgan fingerprint density at radius 2 is 2.50 bits per heavy atom. The maximum absolute atomic E-state index is 9.62. The van der Waals surface area contributed by atoms with E-state index in [4.69, 9.17) is 0 Å². The molecule has 2 heteroatoms. The molecule has 0 aromatic rings. The first-order chi connectivity index (χ1) is 2.81. The molecule has 0 rings (SSSR count). The Kier molecular flexibility index (Phi) is 2.46. The van der Waals surface area contributed by atoms with E-state index < -0.39 is 0 Å². The zero-order valence-corrected chi connectivity index (χ0v) is 3.85. The highest BCUT2D eigenvalue weighted by atomic mass is 16.1. The van der Waals surface area contributed by atoms with Crippen molar-refractivity contribution in [3.63, 3.8) is 0 Å². The third kappa shape index (κ3) is 1.76. The lowest BCUT2D eigenvalue weighted by molar-refractivity contribution is -0.116. The Morgan fingerprint density at radius 1 is 2.00 bits per heavy atom. The average Bonchev–Trinajstić information content (AvgIpc) is 1.65.